The van der Waals surface area contributed by atoms with Crippen molar-refractivity contribution in [2.75, 3.05) is 19.4 Å². The van der Waals surface area contributed by atoms with Gasteiger partial charge in [-0.1, -0.05) is 19.9 Å². The van der Waals surface area contributed by atoms with E-state index >= 15 is 0 Å². The highest BCUT2D eigenvalue weighted by Crippen LogP contribution is 2.26. The van der Waals surface area contributed by atoms with Crippen LogP contribution < -0.4 is 5.32 Å². The molecule has 0 unspecified atom stereocenters. The van der Waals surface area contributed by atoms with E-state index in [9.17, 15) is 9.59 Å². The van der Waals surface area contributed by atoms with Crippen LogP contribution in [0.2, 0.25) is 0 Å². The molecule has 3 rings (SSSR count). The van der Waals surface area contributed by atoms with E-state index in [-0.39, 0.29) is 18.4 Å². The molecule has 1 aromatic carbocycles. The van der Waals surface area contributed by atoms with Crippen molar-refractivity contribution in [1.82, 2.24) is 19.2 Å². The first-order valence-electron chi connectivity index (χ1n) is 9.48. The van der Waals surface area contributed by atoms with E-state index in [0.717, 1.165) is 17.4 Å². The van der Waals surface area contributed by atoms with E-state index in [1.165, 1.54) is 15.3 Å². The second kappa shape index (κ2) is 7.88. The van der Waals surface area contributed by atoms with Gasteiger partial charge in [0.05, 0.1) is 0 Å². The zero-order valence-electron chi connectivity index (χ0n) is 17.1. The molecular formula is C21H27N5O2. The molecule has 0 fully saturated rings. The Morgan fingerprint density at radius 2 is 1.93 bits per heavy atom. The minimum Gasteiger partial charge on any atom is -0.347 e. The molecule has 2 heterocycles. The summed E-state index contributed by atoms with van der Waals surface area (Å²) in [7, 11) is 3.39. The Balaban J connectivity index is 1.80. The van der Waals surface area contributed by atoms with Crippen molar-refractivity contribution in [3.05, 3.63) is 47.8 Å². The Bertz CT molecular complexity index is 1010. The second-order valence-electron chi connectivity index (χ2n) is 7.38. The number of anilines is 1. The van der Waals surface area contributed by atoms with Crippen molar-refractivity contribution < 1.29 is 9.59 Å². The van der Waals surface area contributed by atoms with Crippen molar-refractivity contribution >= 4 is 28.5 Å². The Morgan fingerprint density at radius 1 is 1.18 bits per heavy atom. The first-order valence-corrected chi connectivity index (χ1v) is 9.48. The maximum Gasteiger partial charge on any atom is 0.256 e. The number of likely N-dealkylation sites (N-methyl/N-ethyl adjacent to an activating group) is 1. The van der Waals surface area contributed by atoms with Gasteiger partial charge in [0.1, 0.15) is 6.54 Å². The van der Waals surface area contributed by atoms with Gasteiger partial charge in [-0.3, -0.25) is 14.3 Å². The molecule has 1 N–H and O–H groups in total. The van der Waals surface area contributed by atoms with Gasteiger partial charge in [-0.05, 0) is 36.4 Å². The SMILES string of the molecule is CCn1c(C(C)C)cc2ccc(C(=O)Nc3ccn(CC(=O)N(C)C)n3)cc21. The fourth-order valence-electron chi connectivity index (χ4n) is 3.23. The van der Waals surface area contributed by atoms with Crippen LogP contribution >= 0.6 is 0 Å². The number of hydrogen-bond donors (Lipinski definition) is 1. The predicted octanol–water partition coefficient (Wildman–Crippen LogP) is 3.32. The molecular weight excluding hydrogens is 354 g/mol. The Hall–Kier alpha value is -3.09. The molecule has 28 heavy (non-hydrogen) atoms. The maximum absolute atomic E-state index is 12.7. The van der Waals surface area contributed by atoms with Crippen LogP contribution in [0.3, 0.4) is 0 Å². The summed E-state index contributed by atoms with van der Waals surface area (Å²) in [6, 6.07) is 9.61. The molecule has 148 valence electrons. The van der Waals surface area contributed by atoms with Crippen molar-refractivity contribution in [2.24, 2.45) is 0 Å². The molecule has 0 atom stereocenters. The summed E-state index contributed by atoms with van der Waals surface area (Å²) in [5.74, 6) is 0.553. The van der Waals surface area contributed by atoms with Crippen molar-refractivity contribution in [3.8, 4) is 0 Å². The average molecular weight is 381 g/mol. The quantitative estimate of drug-likeness (QED) is 0.712. The third kappa shape index (κ3) is 3.93. The zero-order chi connectivity index (χ0) is 20.4. The fourth-order valence-corrected chi connectivity index (χ4v) is 3.23. The second-order valence-corrected chi connectivity index (χ2v) is 7.38. The summed E-state index contributed by atoms with van der Waals surface area (Å²) >= 11 is 0. The number of nitrogens with one attached hydrogen (secondary N) is 1. The zero-order valence-corrected chi connectivity index (χ0v) is 17.1. The standard InChI is InChI=1S/C21H27N5O2/c1-6-26-17(14(2)3)11-15-7-8-16(12-18(15)26)21(28)22-19-9-10-25(23-19)13-20(27)24(4)5/h7-12,14H,6,13H2,1-5H3,(H,22,23,28). The van der Waals surface area contributed by atoms with Gasteiger partial charge in [0.2, 0.25) is 5.91 Å². The molecule has 0 aliphatic rings. The van der Waals surface area contributed by atoms with Crippen LogP contribution in [0.4, 0.5) is 5.82 Å². The van der Waals surface area contributed by atoms with Crippen LogP contribution in [-0.4, -0.2) is 45.2 Å². The molecule has 2 amide bonds. The summed E-state index contributed by atoms with van der Waals surface area (Å²) in [6.07, 6.45) is 1.68. The van der Waals surface area contributed by atoms with Crippen LogP contribution in [0.5, 0.6) is 0 Å². The molecule has 0 aliphatic carbocycles. The number of aromatic nitrogens is 3. The lowest BCUT2D eigenvalue weighted by molar-refractivity contribution is -0.129. The molecule has 2 aromatic heterocycles. The highest BCUT2D eigenvalue weighted by molar-refractivity contribution is 6.05. The van der Waals surface area contributed by atoms with Crippen molar-refractivity contribution in [3.63, 3.8) is 0 Å². The predicted molar refractivity (Wildman–Crippen MR) is 111 cm³/mol. The number of hydrogen-bond acceptors (Lipinski definition) is 3. The number of fused-ring (bicyclic) bond motifs is 1. The molecule has 0 spiro atoms. The number of rotatable bonds is 6. The van der Waals surface area contributed by atoms with Gasteiger partial charge in [0.25, 0.3) is 5.91 Å². The number of carbonyl (C=O) groups excluding carboxylic acids is 2. The van der Waals surface area contributed by atoms with Crippen LogP contribution in [0.1, 0.15) is 42.7 Å². The summed E-state index contributed by atoms with van der Waals surface area (Å²) < 4.78 is 3.76. The van der Waals surface area contributed by atoms with Gasteiger partial charge in [-0.15, -0.1) is 0 Å². The molecule has 7 heteroatoms. The Morgan fingerprint density at radius 3 is 2.57 bits per heavy atom. The molecule has 0 bridgehead atoms. The highest BCUT2D eigenvalue weighted by Gasteiger charge is 2.14. The summed E-state index contributed by atoms with van der Waals surface area (Å²) in [5.41, 5.74) is 2.90. The van der Waals surface area contributed by atoms with Crippen LogP contribution in [0.25, 0.3) is 10.9 Å². The van der Waals surface area contributed by atoms with E-state index in [4.69, 9.17) is 0 Å². The minimum atomic E-state index is -0.221. The van der Waals surface area contributed by atoms with Gasteiger partial charge in [0.15, 0.2) is 5.82 Å². The Labute approximate surface area is 164 Å². The monoisotopic (exact) mass is 381 g/mol. The summed E-state index contributed by atoms with van der Waals surface area (Å²) in [4.78, 5) is 26.0. The molecule has 7 nitrogen and oxygen atoms in total. The molecule has 3 aromatic rings. The molecule has 0 saturated heterocycles. The minimum absolute atomic E-state index is 0.0623. The summed E-state index contributed by atoms with van der Waals surface area (Å²) in [6.45, 7) is 7.44. The van der Waals surface area contributed by atoms with E-state index in [1.54, 1.807) is 26.4 Å². The smallest absolute Gasteiger partial charge is 0.256 e. The normalized spacial score (nSPS) is 11.2. The fraction of sp³-hybridized carbons (Fsp3) is 0.381. The largest absolute Gasteiger partial charge is 0.347 e. The van der Waals surface area contributed by atoms with Gasteiger partial charge in [-0.2, -0.15) is 5.10 Å². The van der Waals surface area contributed by atoms with Crippen LogP contribution in [0.15, 0.2) is 36.5 Å². The van der Waals surface area contributed by atoms with Crippen LogP contribution in [0, 0.1) is 0 Å². The van der Waals surface area contributed by atoms with Gasteiger partial charge in [-0.25, -0.2) is 0 Å². The molecule has 0 aliphatic heterocycles. The van der Waals surface area contributed by atoms with Gasteiger partial charge < -0.3 is 14.8 Å². The number of nitrogens with zero attached hydrogens (tertiary/aromatic N) is 4. The first-order chi connectivity index (χ1) is 13.3. The number of benzene rings is 1. The topological polar surface area (TPSA) is 72.2 Å². The molecule has 0 saturated carbocycles. The molecule has 0 radical (unpaired) electrons. The average Bonchev–Trinajstić information content (AvgIpc) is 3.24. The first kappa shape index (κ1) is 19.7. The van der Waals surface area contributed by atoms with E-state index in [1.807, 2.05) is 18.2 Å². The lowest BCUT2D eigenvalue weighted by Gasteiger charge is -2.11. The lowest BCUT2D eigenvalue weighted by atomic mass is 10.1. The third-order valence-corrected chi connectivity index (χ3v) is 4.78. The van der Waals surface area contributed by atoms with E-state index in [2.05, 4.69) is 41.8 Å². The lowest BCUT2D eigenvalue weighted by Crippen LogP contribution is -2.26. The van der Waals surface area contributed by atoms with E-state index < -0.39 is 0 Å². The number of aryl methyl sites for hydroxylation is 1. The van der Waals surface area contributed by atoms with Crippen molar-refractivity contribution in [2.45, 2.75) is 39.8 Å². The number of carbonyl (C=O) groups is 2. The van der Waals surface area contributed by atoms with Crippen LogP contribution in [-0.2, 0) is 17.9 Å². The van der Waals surface area contributed by atoms with E-state index in [0.29, 0.717) is 17.3 Å². The van der Waals surface area contributed by atoms with Gasteiger partial charge >= 0.3 is 0 Å². The van der Waals surface area contributed by atoms with Gasteiger partial charge in [0, 0.05) is 49.7 Å². The number of amides is 2. The van der Waals surface area contributed by atoms with Crippen molar-refractivity contribution in [1.29, 1.82) is 0 Å². The summed E-state index contributed by atoms with van der Waals surface area (Å²) in [5, 5.41) is 8.19. The maximum atomic E-state index is 12.7. The third-order valence-electron chi connectivity index (χ3n) is 4.78. The Kier molecular flexibility index (Phi) is 5.53. The highest BCUT2D eigenvalue weighted by atomic mass is 16.2.